The highest BCUT2D eigenvalue weighted by atomic mass is 32.2. The molecule has 1 saturated heterocycles. The first kappa shape index (κ1) is 19.1. The number of rotatable bonds is 3. The third kappa shape index (κ3) is 5.35. The Hall–Kier alpha value is -0.950. The van der Waals surface area contributed by atoms with Crippen LogP contribution in [0, 0.1) is 18.3 Å². The largest absolute Gasteiger partial charge is 0.396 e. The van der Waals surface area contributed by atoms with Crippen LogP contribution >= 0.6 is 0 Å². The van der Waals surface area contributed by atoms with Crippen LogP contribution in [0.15, 0.2) is 29.2 Å². The number of nitrogens with one attached hydrogen (secondary N) is 1. The van der Waals surface area contributed by atoms with E-state index in [1.54, 1.807) is 12.1 Å². The zero-order chi connectivity index (χ0) is 16.8. The van der Waals surface area contributed by atoms with Gasteiger partial charge < -0.3 is 10.4 Å². The number of hydrogen-bond acceptors (Lipinski definition) is 4. The molecule has 1 aliphatic rings. The molecule has 6 heteroatoms. The predicted molar refractivity (Wildman–Crippen MR) is 87.5 cm³/mol. The molecule has 0 radical (unpaired) electrons. The van der Waals surface area contributed by atoms with Crippen molar-refractivity contribution in [2.45, 2.75) is 38.5 Å². The molecule has 0 spiro atoms. The van der Waals surface area contributed by atoms with Gasteiger partial charge in [-0.2, -0.15) is 8.42 Å². The van der Waals surface area contributed by atoms with Gasteiger partial charge in [-0.05, 0) is 56.3 Å². The molecule has 5 nitrogen and oxygen atoms in total. The van der Waals surface area contributed by atoms with E-state index in [2.05, 4.69) is 19.2 Å². The van der Waals surface area contributed by atoms with Gasteiger partial charge in [0.05, 0.1) is 4.90 Å². The molecule has 1 aliphatic heterocycles. The molecule has 0 atom stereocenters. The summed E-state index contributed by atoms with van der Waals surface area (Å²) in [5, 5.41) is 12.6. The van der Waals surface area contributed by atoms with Crippen molar-refractivity contribution < 1.29 is 18.1 Å². The Labute approximate surface area is 133 Å². The molecule has 2 rings (SSSR count). The van der Waals surface area contributed by atoms with Crippen LogP contribution in [0.2, 0.25) is 0 Å². The van der Waals surface area contributed by atoms with E-state index in [1.807, 2.05) is 6.92 Å². The summed E-state index contributed by atoms with van der Waals surface area (Å²) in [6.45, 7) is 8.75. The van der Waals surface area contributed by atoms with Crippen LogP contribution in [0.5, 0.6) is 0 Å². The van der Waals surface area contributed by atoms with Gasteiger partial charge in [0.25, 0.3) is 10.1 Å². The maximum atomic E-state index is 10.5. The lowest BCUT2D eigenvalue weighted by Crippen LogP contribution is -2.42. The fourth-order valence-corrected chi connectivity index (χ4v) is 3.03. The molecular weight excluding hydrogens is 302 g/mol. The number of aliphatic hydroxyl groups is 1. The number of hydrogen-bond donors (Lipinski definition) is 3. The Morgan fingerprint density at radius 2 is 1.68 bits per heavy atom. The first-order chi connectivity index (χ1) is 10.2. The van der Waals surface area contributed by atoms with Gasteiger partial charge in [0.1, 0.15) is 0 Å². The Bertz CT molecular complexity index is 546. The molecule has 0 amide bonds. The van der Waals surface area contributed by atoms with Gasteiger partial charge in [-0.25, -0.2) is 0 Å². The summed E-state index contributed by atoms with van der Waals surface area (Å²) in [5.74, 6) is 0.606. The summed E-state index contributed by atoms with van der Waals surface area (Å²) in [6, 6.07) is 5.99. The van der Waals surface area contributed by atoms with E-state index in [9.17, 15) is 13.5 Å². The molecule has 3 N–H and O–H groups in total. The van der Waals surface area contributed by atoms with Crippen LogP contribution in [-0.4, -0.2) is 37.8 Å². The lowest BCUT2D eigenvalue weighted by atomic mass is 9.71. The first-order valence-electron chi connectivity index (χ1n) is 7.57. The number of piperidine rings is 1. The van der Waals surface area contributed by atoms with E-state index in [0.29, 0.717) is 12.5 Å². The van der Waals surface area contributed by atoms with Crippen molar-refractivity contribution in [1.29, 1.82) is 0 Å². The minimum Gasteiger partial charge on any atom is -0.396 e. The third-order valence-electron chi connectivity index (χ3n) is 4.46. The third-order valence-corrected chi connectivity index (χ3v) is 5.33. The number of aryl methyl sites for hydroxylation is 1. The molecule has 22 heavy (non-hydrogen) atoms. The highest BCUT2D eigenvalue weighted by Gasteiger charge is 2.34. The molecule has 0 bridgehead atoms. The Balaban J connectivity index is 0.000000220. The smallest absolute Gasteiger partial charge is 0.294 e. The van der Waals surface area contributed by atoms with E-state index < -0.39 is 10.1 Å². The van der Waals surface area contributed by atoms with Crippen molar-refractivity contribution in [3.05, 3.63) is 29.8 Å². The summed E-state index contributed by atoms with van der Waals surface area (Å²) in [4.78, 5) is -0.0666. The van der Waals surface area contributed by atoms with Crippen molar-refractivity contribution in [3.63, 3.8) is 0 Å². The Morgan fingerprint density at radius 1 is 1.18 bits per heavy atom. The van der Waals surface area contributed by atoms with Gasteiger partial charge in [0, 0.05) is 6.61 Å². The monoisotopic (exact) mass is 329 g/mol. The molecule has 0 aliphatic carbocycles. The zero-order valence-corrected chi connectivity index (χ0v) is 14.4. The zero-order valence-electron chi connectivity index (χ0n) is 13.5. The minimum atomic E-state index is -4.02. The first-order valence-corrected chi connectivity index (χ1v) is 9.01. The highest BCUT2D eigenvalue weighted by molar-refractivity contribution is 7.85. The standard InChI is InChI=1S/C9H19NO.C7H8O3S/c1-8(2)9(7-11)3-5-10-6-4-9;1-6-2-4-7(5-3-6)11(8,9)10/h8,10-11H,3-7H2,1-2H3;2-5H,1H3,(H,8,9,10). The average molecular weight is 329 g/mol. The van der Waals surface area contributed by atoms with Crippen molar-refractivity contribution in [2.75, 3.05) is 19.7 Å². The van der Waals surface area contributed by atoms with E-state index in [0.717, 1.165) is 31.5 Å². The van der Waals surface area contributed by atoms with Gasteiger partial charge in [-0.3, -0.25) is 4.55 Å². The van der Waals surface area contributed by atoms with Gasteiger partial charge in [-0.15, -0.1) is 0 Å². The van der Waals surface area contributed by atoms with Crippen LogP contribution in [0.3, 0.4) is 0 Å². The lowest BCUT2D eigenvalue weighted by Gasteiger charge is -2.39. The van der Waals surface area contributed by atoms with Gasteiger partial charge >= 0.3 is 0 Å². The summed E-state index contributed by atoms with van der Waals surface area (Å²) in [5.41, 5.74) is 1.17. The SMILES string of the molecule is CC(C)C1(CO)CCNCC1.Cc1ccc(S(=O)(=O)O)cc1. The van der Waals surface area contributed by atoms with Crippen LogP contribution in [0.25, 0.3) is 0 Å². The second-order valence-corrected chi connectivity index (χ2v) is 7.63. The highest BCUT2D eigenvalue weighted by Crippen LogP contribution is 2.35. The second kappa shape index (κ2) is 8.06. The lowest BCUT2D eigenvalue weighted by molar-refractivity contribution is 0.0444. The summed E-state index contributed by atoms with van der Waals surface area (Å²) >= 11 is 0. The Morgan fingerprint density at radius 3 is 2.00 bits per heavy atom. The second-order valence-electron chi connectivity index (χ2n) is 6.21. The molecule has 0 saturated carbocycles. The maximum Gasteiger partial charge on any atom is 0.294 e. The molecule has 1 fully saturated rings. The average Bonchev–Trinajstić information content (AvgIpc) is 2.48. The van der Waals surface area contributed by atoms with Crippen LogP contribution in [0.1, 0.15) is 32.3 Å². The van der Waals surface area contributed by atoms with Crippen molar-refractivity contribution >= 4 is 10.1 Å². The van der Waals surface area contributed by atoms with E-state index in [-0.39, 0.29) is 10.3 Å². The van der Waals surface area contributed by atoms with Crippen LogP contribution < -0.4 is 5.32 Å². The molecular formula is C16H27NO4S. The summed E-state index contributed by atoms with van der Waals surface area (Å²) in [7, 11) is -4.02. The number of aliphatic hydroxyl groups excluding tert-OH is 1. The van der Waals surface area contributed by atoms with E-state index >= 15 is 0 Å². The topological polar surface area (TPSA) is 86.6 Å². The van der Waals surface area contributed by atoms with Gasteiger partial charge in [0.2, 0.25) is 0 Å². The summed E-state index contributed by atoms with van der Waals surface area (Å²) in [6.07, 6.45) is 2.25. The van der Waals surface area contributed by atoms with Gasteiger partial charge in [0.15, 0.2) is 0 Å². The molecule has 126 valence electrons. The maximum absolute atomic E-state index is 10.5. The Kier molecular flexibility index (Phi) is 6.99. The fourth-order valence-electron chi connectivity index (χ4n) is 2.55. The molecule has 1 aromatic carbocycles. The fraction of sp³-hybridized carbons (Fsp3) is 0.625. The molecule has 0 unspecified atom stereocenters. The van der Waals surface area contributed by atoms with E-state index in [4.69, 9.17) is 4.55 Å². The van der Waals surface area contributed by atoms with Crippen LogP contribution in [-0.2, 0) is 10.1 Å². The quantitative estimate of drug-likeness (QED) is 0.741. The number of benzene rings is 1. The normalized spacial score (nSPS) is 17.7. The van der Waals surface area contributed by atoms with Crippen molar-refractivity contribution in [2.24, 2.45) is 11.3 Å². The van der Waals surface area contributed by atoms with Crippen molar-refractivity contribution in [1.82, 2.24) is 5.32 Å². The van der Waals surface area contributed by atoms with Gasteiger partial charge in [-0.1, -0.05) is 31.5 Å². The molecule has 1 heterocycles. The van der Waals surface area contributed by atoms with E-state index in [1.165, 1.54) is 12.1 Å². The van der Waals surface area contributed by atoms with Crippen molar-refractivity contribution in [3.8, 4) is 0 Å². The minimum absolute atomic E-state index is 0.0666. The van der Waals surface area contributed by atoms with Crippen LogP contribution in [0.4, 0.5) is 0 Å². The summed E-state index contributed by atoms with van der Waals surface area (Å²) < 4.78 is 29.6. The molecule has 0 aromatic heterocycles. The predicted octanol–water partition coefficient (Wildman–Crippen LogP) is 2.25. The molecule has 1 aromatic rings.